The Bertz CT molecular complexity index is 1680. The zero-order chi connectivity index (χ0) is 31.1. The molecule has 0 aliphatic carbocycles. The van der Waals surface area contributed by atoms with Crippen LogP contribution in [0, 0.1) is 0 Å². The molecule has 0 unspecified atom stereocenters. The molecule has 0 spiro atoms. The molecule has 1 aliphatic rings. The zero-order valence-corrected chi connectivity index (χ0v) is 24.6. The highest BCUT2D eigenvalue weighted by Gasteiger charge is 2.34. The molecule has 1 aliphatic heterocycles. The normalized spacial score (nSPS) is 14.3. The van der Waals surface area contributed by atoms with Crippen LogP contribution in [0.4, 0.5) is 13.2 Å². The molecule has 2 aromatic heterocycles. The maximum Gasteiger partial charge on any atom is 0.433 e. The van der Waals surface area contributed by atoms with Crippen LogP contribution in [0.25, 0.3) is 22.4 Å². The SMILES string of the molecule is COc1ccc(-c2nc(C(=O)N(C)C3CCN(C(=O)c4cc(Cl)cc(Cl)c4)CC3)c(CN)o2)c2ccc(C(F)(F)F)nc12. The quantitative estimate of drug-likeness (QED) is 0.274. The van der Waals surface area contributed by atoms with Crippen molar-refractivity contribution in [2.75, 3.05) is 27.2 Å². The lowest BCUT2D eigenvalue weighted by molar-refractivity contribution is -0.140. The second-order valence-electron chi connectivity index (χ2n) is 10.00. The predicted molar refractivity (Wildman–Crippen MR) is 154 cm³/mol. The second kappa shape index (κ2) is 12.0. The third-order valence-electron chi connectivity index (χ3n) is 7.38. The minimum Gasteiger partial charge on any atom is -0.494 e. The maximum absolute atomic E-state index is 13.6. The van der Waals surface area contributed by atoms with Crippen molar-refractivity contribution in [3.63, 3.8) is 0 Å². The zero-order valence-electron chi connectivity index (χ0n) is 23.0. The van der Waals surface area contributed by atoms with Crippen LogP contribution in [-0.2, 0) is 12.7 Å². The number of piperidine rings is 1. The van der Waals surface area contributed by atoms with Crippen molar-refractivity contribution in [1.29, 1.82) is 0 Å². The number of nitrogens with two attached hydrogens (primary N) is 1. The third-order valence-corrected chi connectivity index (χ3v) is 7.81. The number of nitrogens with zero attached hydrogens (tertiary/aromatic N) is 4. The van der Waals surface area contributed by atoms with Crippen LogP contribution >= 0.6 is 23.2 Å². The molecule has 1 saturated heterocycles. The molecule has 3 heterocycles. The van der Waals surface area contributed by atoms with E-state index in [1.54, 1.807) is 41.1 Å². The number of benzene rings is 2. The van der Waals surface area contributed by atoms with Gasteiger partial charge in [0.2, 0.25) is 5.89 Å². The van der Waals surface area contributed by atoms with Crippen molar-refractivity contribution in [3.05, 3.63) is 75.2 Å². The van der Waals surface area contributed by atoms with E-state index in [-0.39, 0.29) is 47.1 Å². The van der Waals surface area contributed by atoms with E-state index in [9.17, 15) is 22.8 Å². The van der Waals surface area contributed by atoms with Gasteiger partial charge in [-0.05, 0) is 55.3 Å². The molecule has 0 saturated carbocycles. The van der Waals surface area contributed by atoms with E-state index < -0.39 is 17.8 Å². The van der Waals surface area contributed by atoms with Crippen LogP contribution in [0.1, 0.15) is 45.1 Å². The lowest BCUT2D eigenvalue weighted by atomic mass is 10.0. The largest absolute Gasteiger partial charge is 0.494 e. The standard InChI is InChI=1S/C29H26Cl2F3N5O4/c1-38(18-7-9-39(10-8-18)27(40)15-11-16(30)13-17(31)12-15)28(41)25-22(14-35)43-26(37-25)20-3-5-21(42-2)24-19(20)4-6-23(36-24)29(32,33)34/h3-6,11-13,18H,7-10,14,35H2,1-2H3. The lowest BCUT2D eigenvalue weighted by Gasteiger charge is -2.36. The summed E-state index contributed by atoms with van der Waals surface area (Å²) in [5, 5.41) is 1.02. The molecule has 0 bridgehead atoms. The summed E-state index contributed by atoms with van der Waals surface area (Å²) in [6.45, 7) is 0.676. The van der Waals surface area contributed by atoms with Gasteiger partial charge in [0.15, 0.2) is 11.5 Å². The number of carbonyl (C=O) groups is 2. The average Bonchev–Trinajstić information content (AvgIpc) is 3.42. The van der Waals surface area contributed by atoms with Crippen molar-refractivity contribution < 1.29 is 31.9 Å². The summed E-state index contributed by atoms with van der Waals surface area (Å²) in [5.41, 5.74) is 5.48. The molecule has 43 heavy (non-hydrogen) atoms. The van der Waals surface area contributed by atoms with Gasteiger partial charge in [-0.3, -0.25) is 9.59 Å². The number of amides is 2. The van der Waals surface area contributed by atoms with Gasteiger partial charge in [-0.1, -0.05) is 23.2 Å². The van der Waals surface area contributed by atoms with E-state index in [1.165, 1.54) is 19.2 Å². The van der Waals surface area contributed by atoms with E-state index in [0.29, 0.717) is 52.5 Å². The van der Waals surface area contributed by atoms with Crippen molar-refractivity contribution in [3.8, 4) is 17.2 Å². The summed E-state index contributed by atoms with van der Waals surface area (Å²) >= 11 is 12.1. The molecule has 226 valence electrons. The Morgan fingerprint density at radius 2 is 1.77 bits per heavy atom. The van der Waals surface area contributed by atoms with Gasteiger partial charge in [-0.25, -0.2) is 9.97 Å². The fraction of sp³-hybridized carbons (Fsp3) is 0.310. The second-order valence-corrected chi connectivity index (χ2v) is 10.9. The number of hydrogen-bond acceptors (Lipinski definition) is 7. The van der Waals surface area contributed by atoms with Crippen molar-refractivity contribution in [1.82, 2.24) is 19.8 Å². The van der Waals surface area contributed by atoms with Crippen molar-refractivity contribution >= 4 is 45.9 Å². The highest BCUT2D eigenvalue weighted by atomic mass is 35.5. The van der Waals surface area contributed by atoms with Gasteiger partial charge in [0.25, 0.3) is 11.8 Å². The predicted octanol–water partition coefficient (Wildman–Crippen LogP) is 6.06. The van der Waals surface area contributed by atoms with Crippen LogP contribution in [0.5, 0.6) is 5.75 Å². The smallest absolute Gasteiger partial charge is 0.433 e. The number of likely N-dealkylation sites (tertiary alicyclic amines) is 1. The number of methoxy groups -OCH3 is 1. The Labute approximate surface area is 254 Å². The minimum atomic E-state index is -4.65. The van der Waals surface area contributed by atoms with Gasteiger partial charge >= 0.3 is 6.18 Å². The molecule has 4 aromatic rings. The number of ether oxygens (including phenoxy) is 1. The fourth-order valence-corrected chi connectivity index (χ4v) is 5.65. The van der Waals surface area contributed by atoms with Crippen LogP contribution < -0.4 is 10.5 Å². The summed E-state index contributed by atoms with van der Waals surface area (Å²) in [5.74, 6) is -0.368. The molecule has 5 rings (SSSR count). The van der Waals surface area contributed by atoms with E-state index in [0.717, 1.165) is 6.07 Å². The molecule has 2 N–H and O–H groups in total. The topological polar surface area (TPSA) is 115 Å². The summed E-state index contributed by atoms with van der Waals surface area (Å²) in [7, 11) is 2.97. The number of pyridine rings is 1. The van der Waals surface area contributed by atoms with Gasteiger partial charge in [0.1, 0.15) is 17.0 Å². The molecule has 0 atom stereocenters. The Morgan fingerprint density at radius 1 is 1.09 bits per heavy atom. The van der Waals surface area contributed by atoms with E-state index in [2.05, 4.69) is 9.97 Å². The summed E-state index contributed by atoms with van der Waals surface area (Å²) < 4.78 is 51.1. The Kier molecular flexibility index (Phi) is 8.55. The van der Waals surface area contributed by atoms with Crippen LogP contribution in [0.2, 0.25) is 10.0 Å². The molecule has 2 amide bonds. The molecule has 14 heteroatoms. The van der Waals surface area contributed by atoms with Gasteiger partial charge < -0.3 is 24.7 Å². The number of carbonyl (C=O) groups excluding carboxylic acids is 2. The van der Waals surface area contributed by atoms with E-state index in [1.807, 2.05) is 0 Å². The first-order chi connectivity index (χ1) is 20.4. The molecular weight excluding hydrogens is 610 g/mol. The Hall–Kier alpha value is -3.87. The Balaban J connectivity index is 1.37. The number of hydrogen-bond donors (Lipinski definition) is 1. The van der Waals surface area contributed by atoms with E-state index >= 15 is 0 Å². The maximum atomic E-state index is 13.6. The average molecular weight is 636 g/mol. The molecule has 2 aromatic carbocycles. The van der Waals surface area contributed by atoms with E-state index in [4.69, 9.17) is 38.1 Å². The van der Waals surface area contributed by atoms with Gasteiger partial charge in [0, 0.05) is 52.7 Å². The highest BCUT2D eigenvalue weighted by Crippen LogP contribution is 2.37. The molecular formula is C29H26Cl2F3N5O4. The highest BCUT2D eigenvalue weighted by molar-refractivity contribution is 6.35. The number of aromatic nitrogens is 2. The van der Waals surface area contributed by atoms with Gasteiger partial charge in [-0.15, -0.1) is 0 Å². The van der Waals surface area contributed by atoms with Gasteiger partial charge in [0.05, 0.1) is 13.7 Å². The van der Waals surface area contributed by atoms with Gasteiger partial charge in [-0.2, -0.15) is 13.2 Å². The fourth-order valence-electron chi connectivity index (χ4n) is 5.12. The van der Waals surface area contributed by atoms with Crippen LogP contribution in [-0.4, -0.2) is 64.9 Å². The minimum absolute atomic E-state index is 0.00378. The summed E-state index contributed by atoms with van der Waals surface area (Å²) in [6, 6.07) is 9.62. The number of fused-ring (bicyclic) bond motifs is 1. The van der Waals surface area contributed by atoms with Crippen molar-refractivity contribution in [2.24, 2.45) is 5.73 Å². The monoisotopic (exact) mass is 635 g/mol. The first kappa shape index (κ1) is 30.6. The van der Waals surface area contributed by atoms with Crippen LogP contribution in [0.15, 0.2) is 46.9 Å². The first-order valence-corrected chi connectivity index (χ1v) is 13.9. The Morgan fingerprint density at radius 3 is 2.37 bits per heavy atom. The molecule has 1 fully saturated rings. The number of halogens is 5. The van der Waals surface area contributed by atoms with Crippen LogP contribution in [0.3, 0.4) is 0 Å². The number of alkyl halides is 3. The number of rotatable bonds is 6. The summed E-state index contributed by atoms with van der Waals surface area (Å²) in [4.78, 5) is 38.0. The first-order valence-electron chi connectivity index (χ1n) is 13.2. The van der Waals surface area contributed by atoms with Crippen molar-refractivity contribution in [2.45, 2.75) is 31.6 Å². The summed E-state index contributed by atoms with van der Waals surface area (Å²) in [6.07, 6.45) is -3.62. The third kappa shape index (κ3) is 6.13. The molecule has 0 radical (unpaired) electrons. The lowest BCUT2D eigenvalue weighted by Crippen LogP contribution is -2.47. The number of oxazole rings is 1. The molecule has 9 nitrogen and oxygen atoms in total.